The molecule has 0 radical (unpaired) electrons. The first kappa shape index (κ1) is 14.3. The van der Waals surface area contributed by atoms with Crippen LogP contribution in [0, 0.1) is 17.0 Å². The Balaban J connectivity index is 3.51. The molecule has 3 N–H and O–H groups in total. The molecule has 18 heavy (non-hydrogen) atoms. The first-order chi connectivity index (χ1) is 8.31. The quantitative estimate of drug-likeness (QED) is 0.361. The molecule has 1 amide bonds. The SMILES string of the molecule is Cc1c([N+](=O)[O-])cn(C(C)C(=O)NN)c(=O)c1Br. The van der Waals surface area contributed by atoms with Crippen LogP contribution in [0.1, 0.15) is 18.5 Å². The number of halogens is 1. The zero-order chi connectivity index (χ0) is 14.0. The van der Waals surface area contributed by atoms with E-state index in [1.54, 1.807) is 0 Å². The molecule has 0 aliphatic rings. The molecular formula is C9H11BrN4O4. The molecule has 0 bridgehead atoms. The fraction of sp³-hybridized carbons (Fsp3) is 0.333. The van der Waals surface area contributed by atoms with Crippen LogP contribution in [0.2, 0.25) is 0 Å². The standard InChI is InChI=1S/C9H11BrN4O4/c1-4-6(14(17)18)3-13(9(16)7(4)10)5(2)8(15)12-11/h3,5H,11H2,1-2H3,(H,12,15). The van der Waals surface area contributed by atoms with E-state index in [0.717, 1.165) is 10.8 Å². The van der Waals surface area contributed by atoms with Crippen molar-refractivity contribution in [2.24, 2.45) is 5.84 Å². The molecule has 0 saturated heterocycles. The number of pyridine rings is 1. The van der Waals surface area contributed by atoms with Crippen LogP contribution in [0.15, 0.2) is 15.5 Å². The average Bonchev–Trinajstić information content (AvgIpc) is 2.34. The van der Waals surface area contributed by atoms with Gasteiger partial charge in [0.1, 0.15) is 6.04 Å². The smallest absolute Gasteiger partial charge is 0.289 e. The Morgan fingerprint density at radius 3 is 2.67 bits per heavy atom. The number of carbonyl (C=O) groups is 1. The summed E-state index contributed by atoms with van der Waals surface area (Å²) in [7, 11) is 0. The van der Waals surface area contributed by atoms with E-state index in [1.165, 1.54) is 13.8 Å². The number of carbonyl (C=O) groups excluding carboxylic acids is 1. The molecule has 1 aromatic rings. The zero-order valence-corrected chi connectivity index (χ0v) is 11.2. The minimum atomic E-state index is -0.946. The van der Waals surface area contributed by atoms with Crippen LogP contribution in [-0.2, 0) is 4.79 Å². The molecule has 0 aliphatic heterocycles. The van der Waals surface area contributed by atoms with E-state index in [4.69, 9.17) is 5.84 Å². The molecule has 8 nitrogen and oxygen atoms in total. The maximum atomic E-state index is 11.9. The third kappa shape index (κ3) is 2.41. The summed E-state index contributed by atoms with van der Waals surface area (Å²) in [5.41, 5.74) is 1.31. The Morgan fingerprint density at radius 2 is 2.22 bits per heavy atom. The molecule has 1 aromatic heterocycles. The maximum absolute atomic E-state index is 11.9. The van der Waals surface area contributed by atoms with Gasteiger partial charge in [0.2, 0.25) is 0 Å². The van der Waals surface area contributed by atoms with E-state index in [0.29, 0.717) is 0 Å². The van der Waals surface area contributed by atoms with Gasteiger partial charge in [-0.15, -0.1) is 0 Å². The van der Waals surface area contributed by atoms with E-state index in [2.05, 4.69) is 15.9 Å². The van der Waals surface area contributed by atoms with Gasteiger partial charge in [-0.1, -0.05) is 0 Å². The largest absolute Gasteiger partial charge is 0.295 e. The van der Waals surface area contributed by atoms with Crippen LogP contribution >= 0.6 is 15.9 Å². The van der Waals surface area contributed by atoms with E-state index >= 15 is 0 Å². The number of nitrogens with zero attached hydrogens (tertiary/aromatic N) is 2. The van der Waals surface area contributed by atoms with Gasteiger partial charge in [-0.3, -0.25) is 29.7 Å². The average molecular weight is 319 g/mol. The van der Waals surface area contributed by atoms with Crippen molar-refractivity contribution in [2.75, 3.05) is 0 Å². The normalized spacial score (nSPS) is 12.0. The van der Waals surface area contributed by atoms with Crippen LogP contribution in [0.4, 0.5) is 5.69 Å². The van der Waals surface area contributed by atoms with Gasteiger partial charge in [0.05, 0.1) is 15.6 Å². The van der Waals surface area contributed by atoms with Crippen LogP contribution < -0.4 is 16.8 Å². The summed E-state index contributed by atoms with van der Waals surface area (Å²) in [4.78, 5) is 33.5. The molecule has 1 heterocycles. The van der Waals surface area contributed by atoms with Gasteiger partial charge >= 0.3 is 0 Å². The van der Waals surface area contributed by atoms with Crippen molar-refractivity contribution < 1.29 is 9.72 Å². The zero-order valence-electron chi connectivity index (χ0n) is 9.64. The van der Waals surface area contributed by atoms with Gasteiger partial charge in [0.25, 0.3) is 17.2 Å². The second kappa shape index (κ2) is 5.27. The van der Waals surface area contributed by atoms with Crippen LogP contribution in [0.25, 0.3) is 0 Å². The lowest BCUT2D eigenvalue weighted by Gasteiger charge is -2.14. The Hall–Kier alpha value is -1.74. The molecule has 98 valence electrons. The predicted molar refractivity (Wildman–Crippen MR) is 66.8 cm³/mol. The second-order valence-electron chi connectivity index (χ2n) is 3.61. The lowest BCUT2D eigenvalue weighted by molar-refractivity contribution is -0.386. The summed E-state index contributed by atoms with van der Waals surface area (Å²) in [5, 5.41) is 10.8. The van der Waals surface area contributed by atoms with Crippen molar-refractivity contribution in [3.05, 3.63) is 36.7 Å². The Labute approximate surface area is 110 Å². The molecule has 0 saturated carbocycles. The molecule has 1 unspecified atom stereocenters. The highest BCUT2D eigenvalue weighted by Crippen LogP contribution is 2.23. The van der Waals surface area contributed by atoms with E-state index in [9.17, 15) is 19.7 Å². The summed E-state index contributed by atoms with van der Waals surface area (Å²) in [6.07, 6.45) is 1.03. The van der Waals surface area contributed by atoms with Crippen LogP contribution in [0.5, 0.6) is 0 Å². The molecule has 9 heteroatoms. The van der Waals surface area contributed by atoms with Gasteiger partial charge in [-0.25, -0.2) is 5.84 Å². The fourth-order valence-corrected chi connectivity index (χ4v) is 1.80. The summed E-state index contributed by atoms with van der Waals surface area (Å²) < 4.78 is 1.01. The molecule has 0 aliphatic carbocycles. The third-order valence-corrected chi connectivity index (χ3v) is 3.47. The van der Waals surface area contributed by atoms with Gasteiger partial charge in [0.15, 0.2) is 0 Å². The topological polar surface area (TPSA) is 120 Å². The van der Waals surface area contributed by atoms with Gasteiger partial charge in [-0.05, 0) is 29.8 Å². The van der Waals surface area contributed by atoms with Crippen molar-refractivity contribution in [2.45, 2.75) is 19.9 Å². The van der Waals surface area contributed by atoms with Crippen molar-refractivity contribution in [3.63, 3.8) is 0 Å². The number of nitrogens with two attached hydrogens (primary N) is 1. The molecule has 0 aromatic carbocycles. The van der Waals surface area contributed by atoms with Gasteiger partial charge < -0.3 is 0 Å². The lowest BCUT2D eigenvalue weighted by Crippen LogP contribution is -2.39. The molecule has 0 spiro atoms. The minimum absolute atomic E-state index is 0.0494. The summed E-state index contributed by atoms with van der Waals surface area (Å²) in [6.45, 7) is 2.86. The highest BCUT2D eigenvalue weighted by Gasteiger charge is 2.23. The summed E-state index contributed by atoms with van der Waals surface area (Å²) in [5.74, 6) is 4.34. The highest BCUT2D eigenvalue weighted by molar-refractivity contribution is 9.10. The third-order valence-electron chi connectivity index (χ3n) is 2.53. The van der Waals surface area contributed by atoms with E-state index in [-0.39, 0.29) is 15.7 Å². The number of hydrogen-bond acceptors (Lipinski definition) is 5. The Morgan fingerprint density at radius 1 is 1.67 bits per heavy atom. The monoisotopic (exact) mass is 318 g/mol. The first-order valence-electron chi connectivity index (χ1n) is 4.87. The minimum Gasteiger partial charge on any atom is -0.295 e. The second-order valence-corrected chi connectivity index (χ2v) is 4.40. The summed E-state index contributed by atoms with van der Waals surface area (Å²) >= 11 is 2.99. The van der Waals surface area contributed by atoms with Gasteiger partial charge in [-0.2, -0.15) is 0 Å². The Kier molecular flexibility index (Phi) is 4.19. The number of nitrogens with one attached hydrogen (secondary N) is 1. The van der Waals surface area contributed by atoms with E-state index in [1.807, 2.05) is 5.43 Å². The van der Waals surface area contributed by atoms with Crippen molar-refractivity contribution in [1.29, 1.82) is 0 Å². The fourth-order valence-electron chi connectivity index (χ4n) is 1.39. The molecule has 1 rings (SSSR count). The van der Waals surface area contributed by atoms with E-state index < -0.39 is 22.4 Å². The maximum Gasteiger partial charge on any atom is 0.289 e. The van der Waals surface area contributed by atoms with Crippen molar-refractivity contribution in [1.82, 2.24) is 9.99 Å². The number of rotatable bonds is 3. The number of hydrazine groups is 1. The first-order valence-corrected chi connectivity index (χ1v) is 5.66. The van der Waals surface area contributed by atoms with Crippen molar-refractivity contribution >= 4 is 27.5 Å². The predicted octanol–water partition coefficient (Wildman–Crippen LogP) is 0.378. The molecule has 0 fully saturated rings. The van der Waals surface area contributed by atoms with Crippen molar-refractivity contribution in [3.8, 4) is 0 Å². The summed E-state index contributed by atoms with van der Waals surface area (Å²) in [6, 6.07) is -0.946. The number of amides is 1. The Bertz CT molecular complexity index is 568. The molecular weight excluding hydrogens is 308 g/mol. The van der Waals surface area contributed by atoms with Crippen LogP contribution in [-0.4, -0.2) is 15.4 Å². The lowest BCUT2D eigenvalue weighted by atomic mass is 10.2. The molecule has 1 atom stereocenters. The number of nitro groups is 1. The number of aromatic nitrogens is 1. The highest BCUT2D eigenvalue weighted by atomic mass is 79.9. The van der Waals surface area contributed by atoms with Crippen LogP contribution in [0.3, 0.4) is 0 Å². The van der Waals surface area contributed by atoms with Gasteiger partial charge in [0, 0.05) is 5.56 Å². The number of hydrogen-bond donors (Lipinski definition) is 2.